The minimum absolute atomic E-state index is 0.688. The molecule has 3 unspecified atom stereocenters. The van der Waals surface area contributed by atoms with E-state index < -0.39 is 0 Å². The zero-order chi connectivity index (χ0) is 9.90. The number of hydrogen-bond acceptors (Lipinski definition) is 0. The van der Waals surface area contributed by atoms with Crippen LogP contribution >= 0.6 is 0 Å². The zero-order valence-electron chi connectivity index (χ0n) is 9.90. The van der Waals surface area contributed by atoms with E-state index in [-0.39, 0.29) is 0 Å². The van der Waals surface area contributed by atoms with Crippen molar-refractivity contribution >= 4 is 0 Å². The lowest BCUT2D eigenvalue weighted by Gasteiger charge is -2.27. The SMILES string of the molecule is CCCC(C)CC1(C)CCC(C)C1. The maximum atomic E-state index is 2.50. The summed E-state index contributed by atoms with van der Waals surface area (Å²) in [5, 5.41) is 0. The molecule has 0 aromatic rings. The Kier molecular flexibility index (Phi) is 3.82. The highest BCUT2D eigenvalue weighted by molar-refractivity contribution is 4.85. The smallest absolute Gasteiger partial charge is 0.0321 e. The first-order valence-corrected chi connectivity index (χ1v) is 6.06. The molecule has 0 N–H and O–H groups in total. The van der Waals surface area contributed by atoms with Gasteiger partial charge in [0.2, 0.25) is 0 Å². The van der Waals surface area contributed by atoms with Crippen molar-refractivity contribution in [3.63, 3.8) is 0 Å². The Morgan fingerprint density at radius 2 is 2.15 bits per heavy atom. The van der Waals surface area contributed by atoms with E-state index in [1.807, 2.05) is 0 Å². The van der Waals surface area contributed by atoms with E-state index in [1.54, 1.807) is 0 Å². The standard InChI is InChI=1S/C13H26/c1-5-6-11(2)9-13(4)8-7-12(3)10-13/h11-12H,5-10H2,1-4H3. The van der Waals surface area contributed by atoms with Crippen molar-refractivity contribution < 1.29 is 0 Å². The van der Waals surface area contributed by atoms with Gasteiger partial charge in [-0.25, -0.2) is 0 Å². The molecule has 0 saturated heterocycles. The van der Waals surface area contributed by atoms with Gasteiger partial charge in [0, 0.05) is 0 Å². The summed E-state index contributed by atoms with van der Waals surface area (Å²) < 4.78 is 0. The Labute approximate surface area is 84.1 Å². The maximum Gasteiger partial charge on any atom is -0.0321 e. The topological polar surface area (TPSA) is 0 Å². The molecule has 0 amide bonds. The van der Waals surface area contributed by atoms with E-state index in [0.717, 1.165) is 11.8 Å². The van der Waals surface area contributed by atoms with Crippen molar-refractivity contribution in [2.45, 2.75) is 66.2 Å². The van der Waals surface area contributed by atoms with E-state index in [2.05, 4.69) is 27.7 Å². The van der Waals surface area contributed by atoms with E-state index in [0.29, 0.717) is 5.41 Å². The van der Waals surface area contributed by atoms with Gasteiger partial charge < -0.3 is 0 Å². The lowest BCUT2D eigenvalue weighted by atomic mass is 9.78. The first-order valence-electron chi connectivity index (χ1n) is 6.06. The predicted molar refractivity (Wildman–Crippen MR) is 59.8 cm³/mol. The number of rotatable bonds is 4. The third-order valence-corrected chi connectivity index (χ3v) is 3.70. The van der Waals surface area contributed by atoms with Crippen molar-refractivity contribution in [2.75, 3.05) is 0 Å². The fourth-order valence-electron chi connectivity index (χ4n) is 3.26. The molecule has 0 aromatic carbocycles. The van der Waals surface area contributed by atoms with Crippen LogP contribution in [0.4, 0.5) is 0 Å². The summed E-state index contributed by atoms with van der Waals surface area (Å²) in [5.74, 6) is 1.93. The fourth-order valence-corrected chi connectivity index (χ4v) is 3.26. The molecule has 0 nitrogen and oxygen atoms in total. The van der Waals surface area contributed by atoms with Crippen molar-refractivity contribution in [1.29, 1.82) is 0 Å². The summed E-state index contributed by atoms with van der Waals surface area (Å²) in [5.41, 5.74) is 0.688. The van der Waals surface area contributed by atoms with Crippen molar-refractivity contribution in [3.05, 3.63) is 0 Å². The molecule has 78 valence electrons. The average molecular weight is 182 g/mol. The molecule has 1 aliphatic carbocycles. The van der Waals surface area contributed by atoms with E-state index in [9.17, 15) is 0 Å². The lowest BCUT2D eigenvalue weighted by molar-refractivity contribution is 0.240. The fraction of sp³-hybridized carbons (Fsp3) is 1.00. The van der Waals surface area contributed by atoms with Crippen molar-refractivity contribution in [2.24, 2.45) is 17.3 Å². The van der Waals surface area contributed by atoms with Gasteiger partial charge in [-0.2, -0.15) is 0 Å². The van der Waals surface area contributed by atoms with Crippen molar-refractivity contribution in [3.8, 4) is 0 Å². The van der Waals surface area contributed by atoms with Gasteiger partial charge in [0.05, 0.1) is 0 Å². The highest BCUT2D eigenvalue weighted by Gasteiger charge is 2.33. The Hall–Kier alpha value is 0. The first kappa shape index (κ1) is 11.1. The van der Waals surface area contributed by atoms with Gasteiger partial charge in [-0.15, -0.1) is 0 Å². The summed E-state index contributed by atoms with van der Waals surface area (Å²) >= 11 is 0. The first-order chi connectivity index (χ1) is 6.06. The molecule has 0 heterocycles. The Balaban J connectivity index is 2.34. The molecule has 1 fully saturated rings. The van der Waals surface area contributed by atoms with Gasteiger partial charge in [-0.05, 0) is 36.5 Å². The monoisotopic (exact) mass is 182 g/mol. The molecule has 0 aromatic heterocycles. The Bertz CT molecular complexity index is 150. The summed E-state index contributed by atoms with van der Waals surface area (Å²) in [6, 6.07) is 0. The lowest BCUT2D eigenvalue weighted by Crippen LogP contribution is -2.15. The quantitative estimate of drug-likeness (QED) is 0.594. The molecular formula is C13H26. The molecule has 13 heavy (non-hydrogen) atoms. The molecule has 0 bridgehead atoms. The van der Waals surface area contributed by atoms with Gasteiger partial charge in [-0.3, -0.25) is 0 Å². The second-order valence-corrected chi connectivity index (χ2v) is 5.76. The van der Waals surface area contributed by atoms with Crippen LogP contribution in [0.1, 0.15) is 66.2 Å². The summed E-state index contributed by atoms with van der Waals surface area (Å²) in [6.45, 7) is 9.65. The Morgan fingerprint density at radius 3 is 2.62 bits per heavy atom. The Morgan fingerprint density at radius 1 is 1.46 bits per heavy atom. The molecule has 1 saturated carbocycles. The van der Waals surface area contributed by atoms with Crippen LogP contribution in [0.2, 0.25) is 0 Å². The van der Waals surface area contributed by atoms with Gasteiger partial charge in [0.15, 0.2) is 0 Å². The molecule has 1 rings (SSSR count). The minimum Gasteiger partial charge on any atom is -0.0654 e. The van der Waals surface area contributed by atoms with E-state index in [4.69, 9.17) is 0 Å². The van der Waals surface area contributed by atoms with Crippen LogP contribution in [0.5, 0.6) is 0 Å². The molecule has 1 aliphatic rings. The largest absolute Gasteiger partial charge is 0.0654 e. The van der Waals surface area contributed by atoms with Crippen LogP contribution in [0.15, 0.2) is 0 Å². The van der Waals surface area contributed by atoms with Crippen LogP contribution in [0.3, 0.4) is 0 Å². The second kappa shape index (κ2) is 4.48. The van der Waals surface area contributed by atoms with E-state index >= 15 is 0 Å². The highest BCUT2D eigenvalue weighted by Crippen LogP contribution is 2.45. The van der Waals surface area contributed by atoms with Crippen LogP contribution < -0.4 is 0 Å². The molecule has 0 spiro atoms. The van der Waals surface area contributed by atoms with Gasteiger partial charge >= 0.3 is 0 Å². The molecule has 0 radical (unpaired) electrons. The predicted octanol–water partition coefficient (Wildman–Crippen LogP) is 4.64. The summed E-state index contributed by atoms with van der Waals surface area (Å²) in [7, 11) is 0. The second-order valence-electron chi connectivity index (χ2n) is 5.76. The third kappa shape index (κ3) is 3.32. The van der Waals surface area contributed by atoms with Gasteiger partial charge in [0.1, 0.15) is 0 Å². The minimum atomic E-state index is 0.688. The summed E-state index contributed by atoms with van der Waals surface area (Å²) in [6.07, 6.45) is 8.65. The van der Waals surface area contributed by atoms with Crippen LogP contribution in [0, 0.1) is 17.3 Å². The van der Waals surface area contributed by atoms with Crippen LogP contribution in [0.25, 0.3) is 0 Å². The third-order valence-electron chi connectivity index (χ3n) is 3.70. The van der Waals surface area contributed by atoms with Crippen LogP contribution in [-0.2, 0) is 0 Å². The highest BCUT2D eigenvalue weighted by atomic mass is 14.4. The number of hydrogen-bond donors (Lipinski definition) is 0. The molecular weight excluding hydrogens is 156 g/mol. The van der Waals surface area contributed by atoms with E-state index in [1.165, 1.54) is 38.5 Å². The molecule has 0 aliphatic heterocycles. The van der Waals surface area contributed by atoms with Gasteiger partial charge in [-0.1, -0.05) is 47.0 Å². The maximum absolute atomic E-state index is 2.50. The van der Waals surface area contributed by atoms with Crippen LogP contribution in [-0.4, -0.2) is 0 Å². The molecule has 0 heteroatoms. The normalized spacial score (nSPS) is 36.5. The summed E-state index contributed by atoms with van der Waals surface area (Å²) in [4.78, 5) is 0. The average Bonchev–Trinajstić information content (AvgIpc) is 2.30. The molecule has 3 atom stereocenters. The van der Waals surface area contributed by atoms with Crippen molar-refractivity contribution in [1.82, 2.24) is 0 Å². The zero-order valence-corrected chi connectivity index (χ0v) is 9.90. The van der Waals surface area contributed by atoms with Gasteiger partial charge in [0.25, 0.3) is 0 Å².